The van der Waals surface area contributed by atoms with E-state index in [4.69, 9.17) is 14.2 Å². The van der Waals surface area contributed by atoms with Crippen molar-refractivity contribution in [2.24, 2.45) is 0 Å². The van der Waals surface area contributed by atoms with E-state index in [1.54, 1.807) is 43.0 Å². The Morgan fingerprint density at radius 1 is 1.07 bits per heavy atom. The van der Waals surface area contributed by atoms with Gasteiger partial charge in [0.1, 0.15) is 17.6 Å². The summed E-state index contributed by atoms with van der Waals surface area (Å²) in [6, 6.07) is 18.5. The molecule has 2 aromatic carbocycles. The van der Waals surface area contributed by atoms with Crippen molar-refractivity contribution in [2.75, 3.05) is 5.75 Å². The first-order chi connectivity index (χ1) is 13.6. The van der Waals surface area contributed by atoms with Crippen molar-refractivity contribution in [1.82, 2.24) is 0 Å². The predicted molar refractivity (Wildman–Crippen MR) is 109 cm³/mol. The van der Waals surface area contributed by atoms with E-state index in [1.807, 2.05) is 43.3 Å². The van der Waals surface area contributed by atoms with E-state index in [-0.39, 0.29) is 5.44 Å². The molecule has 5 nitrogen and oxygen atoms in total. The minimum atomic E-state index is -0.970. The van der Waals surface area contributed by atoms with Gasteiger partial charge in [-0.2, -0.15) is 0 Å². The summed E-state index contributed by atoms with van der Waals surface area (Å²) in [5, 5.41) is 10.7. The third kappa shape index (κ3) is 5.14. The van der Waals surface area contributed by atoms with Gasteiger partial charge in [0.15, 0.2) is 6.10 Å². The molecule has 0 aromatic heterocycles. The highest BCUT2D eigenvalue weighted by Crippen LogP contribution is 2.33. The summed E-state index contributed by atoms with van der Waals surface area (Å²) in [7, 11) is 0. The number of thioether (sulfide) groups is 1. The minimum absolute atomic E-state index is 0.333. The third-order valence-electron chi connectivity index (χ3n) is 4.63. The molecule has 0 saturated carbocycles. The van der Waals surface area contributed by atoms with Crippen LogP contribution in [0.5, 0.6) is 0 Å². The Labute approximate surface area is 170 Å². The van der Waals surface area contributed by atoms with Gasteiger partial charge >= 0.3 is 5.97 Å². The van der Waals surface area contributed by atoms with Crippen molar-refractivity contribution in [3.05, 3.63) is 71.8 Å². The molecule has 0 unspecified atom stereocenters. The molecule has 3 rings (SSSR count). The average Bonchev–Trinajstić information content (AvgIpc) is 2.73. The van der Waals surface area contributed by atoms with Crippen LogP contribution in [0.15, 0.2) is 60.7 Å². The second kappa shape index (κ2) is 10.1. The molecule has 0 bridgehead atoms. The van der Waals surface area contributed by atoms with Gasteiger partial charge in [0.2, 0.25) is 0 Å². The molecule has 6 heteroatoms. The predicted octanol–water partition coefficient (Wildman–Crippen LogP) is 3.66. The highest BCUT2D eigenvalue weighted by molar-refractivity contribution is 7.99. The molecule has 0 aliphatic carbocycles. The lowest BCUT2D eigenvalue weighted by Gasteiger charge is -2.42. The number of carbonyl (C=O) groups is 1. The maximum absolute atomic E-state index is 12.6. The highest BCUT2D eigenvalue weighted by Gasteiger charge is 2.46. The van der Waals surface area contributed by atoms with Crippen molar-refractivity contribution >= 4 is 17.7 Å². The smallest absolute Gasteiger partial charge is 0.338 e. The molecule has 1 aliphatic heterocycles. The lowest BCUT2D eigenvalue weighted by Crippen LogP contribution is -2.58. The van der Waals surface area contributed by atoms with Crippen LogP contribution in [-0.4, -0.2) is 46.7 Å². The van der Waals surface area contributed by atoms with Crippen LogP contribution in [0, 0.1) is 0 Å². The number of rotatable bonds is 7. The third-order valence-corrected chi connectivity index (χ3v) is 5.67. The molecular weight excluding hydrogens is 376 g/mol. The summed E-state index contributed by atoms with van der Waals surface area (Å²) in [6.45, 7) is 4.16. The fourth-order valence-electron chi connectivity index (χ4n) is 3.13. The molecule has 1 fully saturated rings. The normalized spacial score (nSPS) is 27.3. The maximum atomic E-state index is 12.6. The minimum Gasteiger partial charge on any atom is -0.453 e. The number of hydrogen-bond acceptors (Lipinski definition) is 6. The largest absolute Gasteiger partial charge is 0.453 e. The quantitative estimate of drug-likeness (QED) is 0.713. The van der Waals surface area contributed by atoms with Gasteiger partial charge in [0.25, 0.3) is 0 Å². The van der Waals surface area contributed by atoms with E-state index < -0.39 is 30.4 Å². The summed E-state index contributed by atoms with van der Waals surface area (Å²) in [4.78, 5) is 12.6. The molecule has 5 atom stereocenters. The number of carbonyl (C=O) groups excluding carboxylic acids is 1. The summed E-state index contributed by atoms with van der Waals surface area (Å²) in [6.07, 6.45) is -2.83. The zero-order chi connectivity index (χ0) is 19.9. The molecule has 1 heterocycles. The Kier molecular flexibility index (Phi) is 7.50. The van der Waals surface area contributed by atoms with Crippen molar-refractivity contribution in [2.45, 2.75) is 50.3 Å². The van der Waals surface area contributed by atoms with Crippen LogP contribution in [0.25, 0.3) is 0 Å². The monoisotopic (exact) mass is 402 g/mol. The van der Waals surface area contributed by atoms with Crippen molar-refractivity contribution in [3.8, 4) is 0 Å². The Balaban J connectivity index is 1.79. The van der Waals surface area contributed by atoms with Gasteiger partial charge in [0.05, 0.1) is 18.3 Å². The lowest BCUT2D eigenvalue weighted by molar-refractivity contribution is -0.210. The molecule has 1 N–H and O–H groups in total. The Hall–Kier alpha value is -1.86. The number of hydrogen-bond donors (Lipinski definition) is 1. The van der Waals surface area contributed by atoms with Crippen LogP contribution in [0.1, 0.15) is 29.8 Å². The standard InChI is InChI=1S/C22H26O5S/c1-3-28-22-20(25-14-16-10-6-4-7-11-16)19(18(23)15(2)26-22)27-21(24)17-12-8-5-9-13-17/h4-13,15,18-20,22-23H,3,14H2,1-2H3/t15-,18+,19+,20-,22+/m1/s1. The van der Waals surface area contributed by atoms with Gasteiger partial charge in [-0.25, -0.2) is 4.79 Å². The van der Waals surface area contributed by atoms with Crippen LogP contribution in [-0.2, 0) is 20.8 Å². The van der Waals surface area contributed by atoms with Gasteiger partial charge in [-0.05, 0) is 30.4 Å². The van der Waals surface area contributed by atoms with Crippen molar-refractivity contribution in [1.29, 1.82) is 0 Å². The number of aliphatic hydroxyl groups is 1. The SMILES string of the molecule is CCS[C@@H]1O[C@H](C)[C@H](O)[C@H](OC(=O)c2ccccc2)[C@H]1OCc1ccccc1. The van der Waals surface area contributed by atoms with Crippen LogP contribution in [0.2, 0.25) is 0 Å². The first kappa shape index (κ1) is 20.9. The molecule has 2 aromatic rings. The van der Waals surface area contributed by atoms with Gasteiger partial charge in [0, 0.05) is 0 Å². The Morgan fingerprint density at radius 2 is 1.71 bits per heavy atom. The fraction of sp³-hybridized carbons (Fsp3) is 0.409. The van der Waals surface area contributed by atoms with Gasteiger partial charge in [-0.15, -0.1) is 11.8 Å². The molecule has 150 valence electrons. The topological polar surface area (TPSA) is 65.0 Å². The van der Waals surface area contributed by atoms with E-state index in [2.05, 4.69) is 0 Å². The number of esters is 1. The van der Waals surface area contributed by atoms with Crippen LogP contribution >= 0.6 is 11.8 Å². The van der Waals surface area contributed by atoms with Crippen molar-refractivity contribution in [3.63, 3.8) is 0 Å². The molecule has 1 saturated heterocycles. The van der Waals surface area contributed by atoms with E-state index in [1.165, 1.54) is 0 Å². The summed E-state index contributed by atoms with van der Waals surface area (Å²) >= 11 is 1.58. The molecule has 0 spiro atoms. The number of aliphatic hydroxyl groups excluding tert-OH is 1. The Bertz CT molecular complexity index is 739. The maximum Gasteiger partial charge on any atom is 0.338 e. The lowest BCUT2D eigenvalue weighted by atomic mass is 10.00. The van der Waals surface area contributed by atoms with E-state index in [0.29, 0.717) is 12.2 Å². The van der Waals surface area contributed by atoms with Gasteiger partial charge in [-0.1, -0.05) is 55.5 Å². The second-order valence-corrected chi connectivity index (χ2v) is 8.03. The highest BCUT2D eigenvalue weighted by atomic mass is 32.2. The summed E-state index contributed by atoms with van der Waals surface area (Å²) in [5.74, 6) is 0.338. The zero-order valence-electron chi connectivity index (χ0n) is 16.1. The first-order valence-corrected chi connectivity index (χ1v) is 10.5. The second-order valence-electron chi connectivity index (χ2n) is 6.65. The van der Waals surface area contributed by atoms with Crippen molar-refractivity contribution < 1.29 is 24.1 Å². The van der Waals surface area contributed by atoms with E-state index >= 15 is 0 Å². The molecule has 28 heavy (non-hydrogen) atoms. The summed E-state index contributed by atoms with van der Waals surface area (Å²) < 4.78 is 17.8. The van der Waals surface area contributed by atoms with E-state index in [9.17, 15) is 9.90 Å². The fourth-order valence-corrected chi connectivity index (χ4v) is 4.13. The molecule has 0 radical (unpaired) electrons. The zero-order valence-corrected chi connectivity index (χ0v) is 16.9. The van der Waals surface area contributed by atoms with Crippen LogP contribution in [0.3, 0.4) is 0 Å². The van der Waals surface area contributed by atoms with Gasteiger partial charge in [-0.3, -0.25) is 0 Å². The Morgan fingerprint density at radius 3 is 2.36 bits per heavy atom. The van der Waals surface area contributed by atoms with Gasteiger partial charge < -0.3 is 19.3 Å². The molecular formula is C22H26O5S. The first-order valence-electron chi connectivity index (χ1n) is 9.47. The molecule has 1 aliphatic rings. The number of benzene rings is 2. The number of ether oxygens (including phenoxy) is 3. The van der Waals surface area contributed by atoms with Crippen LogP contribution in [0.4, 0.5) is 0 Å². The van der Waals surface area contributed by atoms with Crippen LogP contribution < -0.4 is 0 Å². The average molecular weight is 403 g/mol. The molecule has 0 amide bonds. The summed E-state index contributed by atoms with van der Waals surface area (Å²) in [5.41, 5.74) is 1.11. The van der Waals surface area contributed by atoms with E-state index in [0.717, 1.165) is 11.3 Å².